The predicted molar refractivity (Wildman–Crippen MR) is 76.6 cm³/mol. The lowest BCUT2D eigenvalue weighted by molar-refractivity contribution is 0.613. The Kier molecular flexibility index (Phi) is 4.91. The predicted octanol–water partition coefficient (Wildman–Crippen LogP) is 3.26. The molecule has 2 aromatic rings. The van der Waals surface area contributed by atoms with Crippen molar-refractivity contribution in [2.45, 2.75) is 45.6 Å². The Labute approximate surface area is 113 Å². The molecule has 1 aromatic carbocycles. The molecule has 0 spiro atoms. The van der Waals surface area contributed by atoms with Gasteiger partial charge in [-0.05, 0) is 44.5 Å². The zero-order valence-corrected chi connectivity index (χ0v) is 11.5. The molecule has 4 heteroatoms. The molecule has 2 N–H and O–H groups in total. The van der Waals surface area contributed by atoms with Gasteiger partial charge in [-0.25, -0.2) is 9.37 Å². The number of benzene rings is 1. The van der Waals surface area contributed by atoms with Gasteiger partial charge in [0.25, 0.3) is 0 Å². The molecular weight excluding hydrogens is 241 g/mol. The summed E-state index contributed by atoms with van der Waals surface area (Å²) >= 11 is 0. The van der Waals surface area contributed by atoms with Gasteiger partial charge in [-0.1, -0.05) is 12.8 Å². The van der Waals surface area contributed by atoms with Gasteiger partial charge in [0.05, 0.1) is 11.0 Å². The van der Waals surface area contributed by atoms with Crippen molar-refractivity contribution in [3.05, 3.63) is 29.8 Å². The minimum atomic E-state index is -0.198. The minimum Gasteiger partial charge on any atom is -0.330 e. The fourth-order valence-corrected chi connectivity index (χ4v) is 2.47. The van der Waals surface area contributed by atoms with Crippen molar-refractivity contribution in [1.82, 2.24) is 9.55 Å². The first-order valence-electron chi connectivity index (χ1n) is 7.11. The van der Waals surface area contributed by atoms with Crippen molar-refractivity contribution in [2.75, 3.05) is 6.54 Å². The van der Waals surface area contributed by atoms with Crippen molar-refractivity contribution < 1.29 is 4.39 Å². The van der Waals surface area contributed by atoms with Crippen LogP contribution >= 0.6 is 0 Å². The average molecular weight is 263 g/mol. The Hall–Kier alpha value is -1.42. The third-order valence-electron chi connectivity index (χ3n) is 3.46. The van der Waals surface area contributed by atoms with Crippen LogP contribution in [0.1, 0.15) is 38.4 Å². The summed E-state index contributed by atoms with van der Waals surface area (Å²) in [6, 6.07) is 4.80. The second kappa shape index (κ2) is 6.66. The highest BCUT2D eigenvalue weighted by atomic mass is 19.1. The Bertz CT molecular complexity index is 533. The topological polar surface area (TPSA) is 43.8 Å². The number of hydrogen-bond donors (Lipinski definition) is 1. The summed E-state index contributed by atoms with van der Waals surface area (Å²) in [5, 5.41) is 0. The molecule has 19 heavy (non-hydrogen) atoms. The zero-order chi connectivity index (χ0) is 13.7. The molecule has 0 radical (unpaired) electrons. The summed E-state index contributed by atoms with van der Waals surface area (Å²) in [5.41, 5.74) is 7.27. The molecule has 0 atom stereocenters. The standard InChI is InChI=1S/C15H22FN3/c1-2-19-14-11-12(16)8-9-13(14)18-15(19)7-5-3-4-6-10-17/h8-9,11H,2-7,10,17H2,1H3. The van der Waals surface area contributed by atoms with Crippen LogP contribution in [0.15, 0.2) is 18.2 Å². The van der Waals surface area contributed by atoms with Crippen LogP contribution < -0.4 is 5.73 Å². The molecule has 0 aliphatic heterocycles. The maximum atomic E-state index is 13.3. The SMILES string of the molecule is CCn1c(CCCCCCN)nc2ccc(F)cc21. The lowest BCUT2D eigenvalue weighted by Gasteiger charge is -2.05. The van der Waals surface area contributed by atoms with E-state index < -0.39 is 0 Å². The second-order valence-electron chi connectivity index (χ2n) is 4.86. The fraction of sp³-hybridized carbons (Fsp3) is 0.533. The van der Waals surface area contributed by atoms with Crippen molar-refractivity contribution in [2.24, 2.45) is 5.73 Å². The fourth-order valence-electron chi connectivity index (χ4n) is 2.47. The highest BCUT2D eigenvalue weighted by Gasteiger charge is 2.09. The van der Waals surface area contributed by atoms with Crippen LogP contribution in [-0.2, 0) is 13.0 Å². The van der Waals surface area contributed by atoms with E-state index in [1.54, 1.807) is 12.1 Å². The molecule has 0 saturated heterocycles. The smallest absolute Gasteiger partial charge is 0.125 e. The lowest BCUT2D eigenvalue weighted by Crippen LogP contribution is -2.02. The molecular formula is C15H22FN3. The van der Waals surface area contributed by atoms with Crippen molar-refractivity contribution in [3.8, 4) is 0 Å². The number of aromatic nitrogens is 2. The summed E-state index contributed by atoms with van der Waals surface area (Å²) in [4.78, 5) is 4.61. The number of fused-ring (bicyclic) bond motifs is 1. The Morgan fingerprint density at radius 2 is 2.00 bits per heavy atom. The third-order valence-corrected chi connectivity index (χ3v) is 3.46. The van der Waals surface area contributed by atoms with Crippen molar-refractivity contribution in [1.29, 1.82) is 0 Å². The maximum Gasteiger partial charge on any atom is 0.125 e. The Morgan fingerprint density at radius 3 is 2.74 bits per heavy atom. The van der Waals surface area contributed by atoms with Crippen LogP contribution in [-0.4, -0.2) is 16.1 Å². The van der Waals surface area contributed by atoms with Gasteiger partial charge in [0.1, 0.15) is 11.6 Å². The highest BCUT2D eigenvalue weighted by molar-refractivity contribution is 5.76. The van der Waals surface area contributed by atoms with E-state index in [1.807, 2.05) is 0 Å². The van der Waals surface area contributed by atoms with Gasteiger partial charge in [0, 0.05) is 13.0 Å². The summed E-state index contributed by atoms with van der Waals surface area (Å²) in [5.74, 6) is 0.868. The molecule has 0 unspecified atom stereocenters. The molecule has 0 saturated carbocycles. The van der Waals surface area contributed by atoms with E-state index >= 15 is 0 Å². The van der Waals surface area contributed by atoms with E-state index in [-0.39, 0.29) is 5.82 Å². The molecule has 0 aliphatic rings. The maximum absolute atomic E-state index is 13.3. The second-order valence-corrected chi connectivity index (χ2v) is 4.86. The minimum absolute atomic E-state index is 0.198. The van der Waals surface area contributed by atoms with E-state index in [2.05, 4.69) is 16.5 Å². The van der Waals surface area contributed by atoms with Gasteiger partial charge in [0.2, 0.25) is 0 Å². The molecule has 0 bridgehead atoms. The summed E-state index contributed by atoms with van der Waals surface area (Å²) in [6.45, 7) is 3.68. The quantitative estimate of drug-likeness (QED) is 0.779. The van der Waals surface area contributed by atoms with Gasteiger partial charge in [-0.3, -0.25) is 0 Å². The first kappa shape index (κ1) is 14.0. The average Bonchev–Trinajstić information content (AvgIpc) is 2.75. The van der Waals surface area contributed by atoms with E-state index in [9.17, 15) is 4.39 Å². The number of imidazole rings is 1. The van der Waals surface area contributed by atoms with Gasteiger partial charge in [0.15, 0.2) is 0 Å². The number of nitrogens with two attached hydrogens (primary N) is 1. The Morgan fingerprint density at radius 1 is 1.21 bits per heavy atom. The molecule has 1 heterocycles. The molecule has 0 amide bonds. The van der Waals surface area contributed by atoms with Gasteiger partial charge in [-0.2, -0.15) is 0 Å². The van der Waals surface area contributed by atoms with E-state index in [1.165, 1.54) is 18.9 Å². The van der Waals surface area contributed by atoms with Crippen LogP contribution in [0.25, 0.3) is 11.0 Å². The number of halogens is 1. The number of rotatable bonds is 7. The molecule has 104 valence electrons. The lowest BCUT2D eigenvalue weighted by atomic mass is 10.1. The van der Waals surface area contributed by atoms with Crippen molar-refractivity contribution >= 4 is 11.0 Å². The van der Waals surface area contributed by atoms with Gasteiger partial charge >= 0.3 is 0 Å². The highest BCUT2D eigenvalue weighted by Crippen LogP contribution is 2.19. The van der Waals surface area contributed by atoms with E-state index in [4.69, 9.17) is 5.73 Å². The van der Waals surface area contributed by atoms with Crippen LogP contribution in [0.3, 0.4) is 0 Å². The largest absolute Gasteiger partial charge is 0.330 e. The number of unbranched alkanes of at least 4 members (excludes halogenated alkanes) is 3. The monoisotopic (exact) mass is 263 g/mol. The summed E-state index contributed by atoms with van der Waals surface area (Å²) < 4.78 is 15.4. The number of aryl methyl sites for hydroxylation is 2. The zero-order valence-electron chi connectivity index (χ0n) is 11.5. The first-order chi connectivity index (χ1) is 9.26. The molecule has 0 aliphatic carbocycles. The van der Waals surface area contributed by atoms with Gasteiger partial charge in [-0.15, -0.1) is 0 Å². The van der Waals surface area contributed by atoms with Crippen molar-refractivity contribution in [3.63, 3.8) is 0 Å². The van der Waals surface area contributed by atoms with Crippen LogP contribution in [0.2, 0.25) is 0 Å². The van der Waals surface area contributed by atoms with Gasteiger partial charge < -0.3 is 10.3 Å². The summed E-state index contributed by atoms with van der Waals surface area (Å²) in [6.07, 6.45) is 5.52. The molecule has 2 rings (SSSR count). The summed E-state index contributed by atoms with van der Waals surface area (Å²) in [7, 11) is 0. The number of nitrogens with zero attached hydrogens (tertiary/aromatic N) is 2. The van der Waals surface area contributed by atoms with E-state index in [0.29, 0.717) is 0 Å². The van der Waals surface area contributed by atoms with Crippen LogP contribution in [0.5, 0.6) is 0 Å². The third kappa shape index (κ3) is 3.32. The molecule has 3 nitrogen and oxygen atoms in total. The molecule has 1 aromatic heterocycles. The molecule has 0 fully saturated rings. The van der Waals surface area contributed by atoms with E-state index in [0.717, 1.165) is 49.2 Å². The number of hydrogen-bond acceptors (Lipinski definition) is 2. The van der Waals surface area contributed by atoms with Crippen LogP contribution in [0, 0.1) is 5.82 Å². The van der Waals surface area contributed by atoms with Crippen LogP contribution in [0.4, 0.5) is 4.39 Å². The normalized spacial score (nSPS) is 11.3. The first-order valence-corrected chi connectivity index (χ1v) is 7.11. The Balaban J connectivity index is 2.09.